The number of nitrogens with one attached hydrogen (secondary N) is 2. The van der Waals surface area contributed by atoms with Gasteiger partial charge in [-0.3, -0.25) is 9.69 Å². The lowest BCUT2D eigenvalue weighted by Gasteiger charge is -2.42. The molecule has 0 spiro atoms. The van der Waals surface area contributed by atoms with Gasteiger partial charge < -0.3 is 15.7 Å². The van der Waals surface area contributed by atoms with Gasteiger partial charge in [0.25, 0.3) is 0 Å². The highest BCUT2D eigenvalue weighted by Crippen LogP contribution is 2.33. The minimum absolute atomic E-state index is 0.0804. The fourth-order valence-corrected chi connectivity index (χ4v) is 2.96. The zero-order valence-corrected chi connectivity index (χ0v) is 13.7. The molecule has 8 nitrogen and oxygen atoms in total. The summed E-state index contributed by atoms with van der Waals surface area (Å²) in [7, 11) is 0. The Morgan fingerprint density at radius 2 is 1.96 bits per heavy atom. The van der Waals surface area contributed by atoms with Crippen LogP contribution in [0, 0.1) is 12.8 Å². The van der Waals surface area contributed by atoms with Crippen LogP contribution in [0.2, 0.25) is 0 Å². The van der Waals surface area contributed by atoms with E-state index >= 15 is 0 Å². The molecule has 1 aromatic rings. The zero-order valence-electron chi connectivity index (χ0n) is 13.7. The summed E-state index contributed by atoms with van der Waals surface area (Å²) in [6.45, 7) is 2.72. The normalized spacial score (nSPS) is 22.8. The largest absolute Gasteiger partial charge is 0.480 e. The minimum atomic E-state index is -0.788. The third kappa shape index (κ3) is 4.64. The van der Waals surface area contributed by atoms with Crippen molar-refractivity contribution in [1.29, 1.82) is 0 Å². The second-order valence-electron chi connectivity index (χ2n) is 6.71. The first-order valence-electron chi connectivity index (χ1n) is 8.31. The number of carbonyl (C=O) groups is 2. The number of aryl methyl sites for hydroxylation is 1. The molecule has 2 aliphatic carbocycles. The van der Waals surface area contributed by atoms with E-state index in [1.54, 1.807) is 19.3 Å². The van der Waals surface area contributed by atoms with Gasteiger partial charge in [-0.25, -0.2) is 14.8 Å². The van der Waals surface area contributed by atoms with Crippen LogP contribution in [0.4, 0.5) is 10.5 Å². The van der Waals surface area contributed by atoms with Gasteiger partial charge >= 0.3 is 12.0 Å². The molecule has 0 radical (unpaired) electrons. The molecule has 0 aromatic carbocycles. The second kappa shape index (κ2) is 7.12. The summed E-state index contributed by atoms with van der Waals surface area (Å²) in [5.41, 5.74) is 0.551. The highest BCUT2D eigenvalue weighted by atomic mass is 16.4. The molecule has 8 heteroatoms. The predicted molar refractivity (Wildman–Crippen MR) is 87.7 cm³/mol. The fraction of sp³-hybridized carbons (Fsp3) is 0.625. The van der Waals surface area contributed by atoms with Crippen LogP contribution in [0.25, 0.3) is 0 Å². The minimum Gasteiger partial charge on any atom is -0.480 e. The highest BCUT2D eigenvalue weighted by Gasteiger charge is 2.37. The molecule has 24 heavy (non-hydrogen) atoms. The number of urea groups is 1. The van der Waals surface area contributed by atoms with E-state index in [0.717, 1.165) is 19.4 Å². The van der Waals surface area contributed by atoms with E-state index in [9.17, 15) is 9.59 Å². The summed E-state index contributed by atoms with van der Waals surface area (Å²) in [5.74, 6) is 0.516. The first-order chi connectivity index (χ1) is 11.5. The van der Waals surface area contributed by atoms with Crippen molar-refractivity contribution < 1.29 is 14.7 Å². The number of aliphatic carboxylic acids is 1. The van der Waals surface area contributed by atoms with Crippen LogP contribution in [0.5, 0.6) is 0 Å². The number of carboxylic acid groups (broad SMARTS) is 1. The van der Waals surface area contributed by atoms with Crippen molar-refractivity contribution in [3.63, 3.8) is 0 Å². The van der Waals surface area contributed by atoms with Crippen LogP contribution in [-0.2, 0) is 4.79 Å². The Labute approximate surface area is 140 Å². The number of amides is 2. The van der Waals surface area contributed by atoms with E-state index in [1.807, 2.05) is 4.90 Å². The van der Waals surface area contributed by atoms with Gasteiger partial charge in [0.1, 0.15) is 5.82 Å². The zero-order chi connectivity index (χ0) is 17.1. The van der Waals surface area contributed by atoms with Crippen LogP contribution < -0.4 is 10.6 Å². The molecule has 2 saturated carbocycles. The van der Waals surface area contributed by atoms with Gasteiger partial charge in [0.15, 0.2) is 0 Å². The molecule has 1 aromatic heterocycles. The van der Waals surface area contributed by atoms with E-state index in [1.165, 1.54) is 12.8 Å². The number of carboxylic acids is 1. The molecular formula is C16H23N5O3. The molecule has 2 fully saturated rings. The van der Waals surface area contributed by atoms with Crippen molar-refractivity contribution in [3.05, 3.63) is 18.2 Å². The standard InChI is InChI=1S/C16H23N5O3/c1-10-17-6-13(7-18-10)20-16(24)19-12-4-14(5-12)21(9-15(22)23)8-11-2-3-11/h6-7,11-12,14H,2-5,8-9H2,1H3,(H,22,23)(H2,19,20,24). The molecular weight excluding hydrogens is 310 g/mol. The Balaban J connectivity index is 1.42. The number of anilines is 1. The molecule has 0 bridgehead atoms. The first kappa shape index (κ1) is 16.6. The van der Waals surface area contributed by atoms with Crippen molar-refractivity contribution >= 4 is 17.7 Å². The van der Waals surface area contributed by atoms with Gasteiger partial charge in [-0.1, -0.05) is 0 Å². The van der Waals surface area contributed by atoms with E-state index in [2.05, 4.69) is 20.6 Å². The van der Waals surface area contributed by atoms with E-state index in [4.69, 9.17) is 5.11 Å². The third-order valence-electron chi connectivity index (χ3n) is 4.53. The molecule has 0 aliphatic heterocycles. The summed E-state index contributed by atoms with van der Waals surface area (Å²) in [6, 6.07) is 0.0458. The molecule has 130 valence electrons. The fourth-order valence-electron chi connectivity index (χ4n) is 2.96. The van der Waals surface area contributed by atoms with E-state index < -0.39 is 5.97 Å². The smallest absolute Gasteiger partial charge is 0.319 e. The average molecular weight is 333 g/mol. The van der Waals surface area contributed by atoms with E-state index in [0.29, 0.717) is 17.4 Å². The Bertz CT molecular complexity index is 596. The second-order valence-corrected chi connectivity index (χ2v) is 6.71. The summed E-state index contributed by atoms with van der Waals surface area (Å²) >= 11 is 0. The predicted octanol–water partition coefficient (Wildman–Crippen LogP) is 1.23. The molecule has 0 atom stereocenters. The van der Waals surface area contributed by atoms with Crippen molar-refractivity contribution in [3.8, 4) is 0 Å². The van der Waals surface area contributed by atoms with Crippen LogP contribution in [0.1, 0.15) is 31.5 Å². The topological polar surface area (TPSA) is 107 Å². The molecule has 0 unspecified atom stereocenters. The monoisotopic (exact) mass is 333 g/mol. The number of hydrogen-bond acceptors (Lipinski definition) is 5. The lowest BCUT2D eigenvalue weighted by molar-refractivity contribution is -0.139. The number of hydrogen-bond donors (Lipinski definition) is 3. The maximum Gasteiger partial charge on any atom is 0.319 e. The quantitative estimate of drug-likeness (QED) is 0.693. The van der Waals surface area contributed by atoms with E-state index in [-0.39, 0.29) is 24.7 Å². The highest BCUT2D eigenvalue weighted by molar-refractivity contribution is 5.89. The number of nitrogens with zero attached hydrogens (tertiary/aromatic N) is 3. The van der Waals surface area contributed by atoms with Gasteiger partial charge in [0, 0.05) is 18.6 Å². The molecule has 2 amide bonds. The van der Waals surface area contributed by atoms with Crippen molar-refractivity contribution in [1.82, 2.24) is 20.2 Å². The van der Waals surface area contributed by atoms with Crippen molar-refractivity contribution in [2.45, 2.75) is 44.7 Å². The average Bonchev–Trinajstić information content (AvgIpc) is 3.28. The summed E-state index contributed by atoms with van der Waals surface area (Å²) < 4.78 is 0. The lowest BCUT2D eigenvalue weighted by atomic mass is 9.85. The van der Waals surface area contributed by atoms with Crippen molar-refractivity contribution in [2.75, 3.05) is 18.4 Å². The molecule has 1 heterocycles. The molecule has 3 rings (SSSR count). The van der Waals surface area contributed by atoms with Crippen molar-refractivity contribution in [2.24, 2.45) is 5.92 Å². The van der Waals surface area contributed by atoms with Crippen LogP contribution in [-0.4, -0.2) is 57.1 Å². The lowest BCUT2D eigenvalue weighted by Crippen LogP contribution is -2.55. The van der Waals surface area contributed by atoms with Gasteiger partial charge in [-0.05, 0) is 38.5 Å². The van der Waals surface area contributed by atoms with Crippen LogP contribution in [0.15, 0.2) is 12.4 Å². The first-order valence-corrected chi connectivity index (χ1v) is 8.31. The molecule has 3 N–H and O–H groups in total. The maximum atomic E-state index is 12.0. The number of carbonyl (C=O) groups excluding carboxylic acids is 1. The van der Waals surface area contributed by atoms with Crippen LogP contribution >= 0.6 is 0 Å². The summed E-state index contributed by atoms with van der Waals surface area (Å²) in [4.78, 5) is 33.1. The Kier molecular flexibility index (Phi) is 4.94. The Hall–Kier alpha value is -2.22. The Morgan fingerprint density at radius 1 is 1.29 bits per heavy atom. The maximum absolute atomic E-state index is 12.0. The number of rotatable bonds is 7. The van der Waals surface area contributed by atoms with Gasteiger partial charge in [-0.15, -0.1) is 0 Å². The SMILES string of the molecule is Cc1ncc(NC(=O)NC2CC(N(CC(=O)O)CC3CC3)C2)cn1. The molecule has 0 saturated heterocycles. The van der Waals surface area contributed by atoms with Gasteiger partial charge in [0.05, 0.1) is 24.6 Å². The van der Waals surface area contributed by atoms with Gasteiger partial charge in [-0.2, -0.15) is 0 Å². The van der Waals surface area contributed by atoms with Gasteiger partial charge in [0.2, 0.25) is 0 Å². The molecule has 2 aliphatic rings. The number of aromatic nitrogens is 2. The summed E-state index contributed by atoms with van der Waals surface area (Å²) in [6.07, 6.45) is 7.11. The van der Waals surface area contributed by atoms with Crippen LogP contribution in [0.3, 0.4) is 0 Å². The third-order valence-corrected chi connectivity index (χ3v) is 4.53. The summed E-state index contributed by atoms with van der Waals surface area (Å²) in [5, 5.41) is 14.7. The Morgan fingerprint density at radius 3 is 2.54 bits per heavy atom.